The van der Waals surface area contributed by atoms with E-state index in [0.29, 0.717) is 16.8 Å². The van der Waals surface area contributed by atoms with E-state index < -0.39 is 69.4 Å². The molecule has 2 unspecified atom stereocenters. The smallest absolute Gasteiger partial charge is 0.308 e. The summed E-state index contributed by atoms with van der Waals surface area (Å²) in [6.45, 7) is 3.90. The van der Waals surface area contributed by atoms with Gasteiger partial charge in [-0.1, -0.05) is 26.0 Å². The first-order valence-electron chi connectivity index (χ1n) is 13.3. The fraction of sp³-hybridized carbons (Fsp3) is 0.500. The van der Waals surface area contributed by atoms with Crippen LogP contribution < -0.4 is 4.31 Å². The number of carbonyl (C=O) groups excluding carboxylic acids is 1. The first kappa shape index (κ1) is 36.7. The van der Waals surface area contributed by atoms with Crippen LogP contribution in [0.4, 0.5) is 10.3 Å². The number of anilines is 1. The minimum Gasteiger partial charge on any atom is -0.463 e. The van der Waals surface area contributed by atoms with Crippen molar-refractivity contribution in [2.24, 2.45) is 0 Å². The number of hydrogen-bond donors (Lipinski definition) is 2. The lowest BCUT2D eigenvalue weighted by Crippen LogP contribution is -2.37. The van der Waals surface area contributed by atoms with Gasteiger partial charge in [-0.3, -0.25) is 4.79 Å². The molecule has 45 heavy (non-hydrogen) atoms. The summed E-state index contributed by atoms with van der Waals surface area (Å²) >= 11 is 0. The highest BCUT2D eigenvalue weighted by Crippen LogP contribution is 2.31. The van der Waals surface area contributed by atoms with Crippen LogP contribution in [0, 0.1) is 26.0 Å². The second-order valence-electron chi connectivity index (χ2n) is 10.2. The molecule has 0 aliphatic heterocycles. The molecule has 17 nitrogen and oxygen atoms in total. The van der Waals surface area contributed by atoms with Crippen LogP contribution in [-0.2, 0) is 29.2 Å². The zero-order chi connectivity index (χ0) is 34.1. The topological polar surface area (TPSA) is 235 Å². The fourth-order valence-corrected chi connectivity index (χ4v) is 4.21. The van der Waals surface area contributed by atoms with E-state index in [1.54, 1.807) is 13.8 Å². The van der Waals surface area contributed by atoms with Crippen molar-refractivity contribution in [2.75, 3.05) is 24.2 Å². The molecule has 0 spiro atoms. The summed E-state index contributed by atoms with van der Waals surface area (Å²) in [5, 5.41) is 39.7. The van der Waals surface area contributed by atoms with Crippen LogP contribution in [0.15, 0.2) is 30.3 Å². The van der Waals surface area contributed by atoms with Gasteiger partial charge in [-0.25, -0.2) is 27.1 Å². The van der Waals surface area contributed by atoms with Crippen LogP contribution in [-0.4, -0.2) is 89.1 Å². The van der Waals surface area contributed by atoms with Crippen LogP contribution in [0.25, 0.3) is 17.3 Å². The Kier molecular flexibility index (Phi) is 13.1. The van der Waals surface area contributed by atoms with E-state index in [1.165, 1.54) is 43.5 Å². The number of nitrogens with zero attached hydrogens (tertiary/aromatic N) is 5. The maximum absolute atomic E-state index is 13.7. The third-order valence-electron chi connectivity index (χ3n) is 6.21. The second-order valence-corrected chi connectivity index (χ2v) is 12.2. The summed E-state index contributed by atoms with van der Waals surface area (Å²) in [6, 6.07) is 5.29. The highest BCUT2D eigenvalue weighted by molar-refractivity contribution is 7.92. The molecule has 4 atom stereocenters. The molecule has 2 N–H and O–H groups in total. The number of ether oxygens (including phenoxy) is 1. The number of halogens is 1. The first-order valence-corrected chi connectivity index (χ1v) is 15.2. The van der Waals surface area contributed by atoms with Crippen molar-refractivity contribution >= 4 is 28.0 Å². The molecule has 1 aromatic carbocycles. The summed E-state index contributed by atoms with van der Waals surface area (Å²) < 4.78 is 43.8. The summed E-state index contributed by atoms with van der Waals surface area (Å²) in [5.74, 6) is -1.94. The Morgan fingerprint density at radius 1 is 1.09 bits per heavy atom. The largest absolute Gasteiger partial charge is 0.463 e. The standard InChI is InChI=1S/C26H34FN5O12S/c1-15(2)24-21(25(17-6-8-18(27)9-7-17)29-26(28-24)30(4)45(5,40)41)11-10-19(33)12-20(34)13-23(35)42-14-22(44-32(38)39)16(3)43-31(36)37/h6-11,15-16,19-20,22,33-34H,12-14H2,1-5H3/b11-10+/t16?,19-,20-,22?/m1/s1. The molecule has 0 aliphatic rings. The number of benzene rings is 1. The third kappa shape index (κ3) is 11.5. The third-order valence-corrected chi connectivity index (χ3v) is 7.37. The van der Waals surface area contributed by atoms with Gasteiger partial charge < -0.3 is 24.6 Å². The van der Waals surface area contributed by atoms with Crippen molar-refractivity contribution in [3.8, 4) is 11.3 Å². The molecule has 1 heterocycles. The number of aliphatic hydroxyl groups excluding tert-OH is 2. The van der Waals surface area contributed by atoms with Gasteiger partial charge >= 0.3 is 5.97 Å². The number of aliphatic hydroxyl groups is 2. The number of sulfonamides is 1. The SMILES string of the molecule is CC(C)c1nc(N(C)S(C)(=O)=O)nc(-c2ccc(F)cc2)c1/C=C/[C@@H](O)C[C@@H](O)CC(=O)OCC(O[N+](=O)[O-])C(C)O[N+](=O)[O-]. The molecule has 1 aromatic heterocycles. The lowest BCUT2D eigenvalue weighted by atomic mass is 9.97. The molecule has 0 fully saturated rings. The van der Waals surface area contributed by atoms with E-state index in [0.717, 1.165) is 17.5 Å². The number of aromatic nitrogens is 2. The van der Waals surface area contributed by atoms with E-state index in [1.807, 2.05) is 0 Å². The molecule has 2 aromatic rings. The number of hydrogen-bond acceptors (Lipinski definition) is 14. The lowest BCUT2D eigenvalue weighted by Gasteiger charge is -2.21. The summed E-state index contributed by atoms with van der Waals surface area (Å²) in [6.07, 6.45) is -3.12. The van der Waals surface area contributed by atoms with Crippen molar-refractivity contribution in [1.29, 1.82) is 0 Å². The van der Waals surface area contributed by atoms with E-state index in [9.17, 15) is 48.0 Å². The minimum absolute atomic E-state index is 0.127. The van der Waals surface area contributed by atoms with Gasteiger partial charge in [0.25, 0.3) is 10.2 Å². The molecule has 0 saturated heterocycles. The van der Waals surface area contributed by atoms with Gasteiger partial charge in [0, 0.05) is 24.6 Å². The maximum Gasteiger partial charge on any atom is 0.308 e. The van der Waals surface area contributed by atoms with Crippen LogP contribution in [0.1, 0.15) is 50.8 Å². The van der Waals surface area contributed by atoms with Gasteiger partial charge in [-0.05, 0) is 37.1 Å². The van der Waals surface area contributed by atoms with Crippen molar-refractivity contribution in [2.45, 2.75) is 63.9 Å². The summed E-state index contributed by atoms with van der Waals surface area (Å²) in [5.41, 5.74) is 1.47. The van der Waals surface area contributed by atoms with Crippen molar-refractivity contribution in [1.82, 2.24) is 9.97 Å². The van der Waals surface area contributed by atoms with Crippen LogP contribution >= 0.6 is 0 Å². The van der Waals surface area contributed by atoms with E-state index in [4.69, 9.17) is 4.74 Å². The van der Waals surface area contributed by atoms with Crippen LogP contribution in [0.3, 0.4) is 0 Å². The molecular weight excluding hydrogens is 625 g/mol. The molecule has 0 radical (unpaired) electrons. The van der Waals surface area contributed by atoms with Gasteiger partial charge in [-0.2, -0.15) is 0 Å². The van der Waals surface area contributed by atoms with Crippen LogP contribution in [0.2, 0.25) is 0 Å². The fourth-order valence-electron chi connectivity index (χ4n) is 3.84. The Bertz CT molecular complexity index is 1490. The molecule has 248 valence electrons. The Morgan fingerprint density at radius 2 is 1.69 bits per heavy atom. The van der Waals surface area contributed by atoms with Gasteiger partial charge in [0.15, 0.2) is 6.10 Å². The zero-order valence-electron chi connectivity index (χ0n) is 25.0. The quantitative estimate of drug-likeness (QED) is 0.140. The molecule has 0 bridgehead atoms. The van der Waals surface area contributed by atoms with Crippen molar-refractivity contribution < 1.29 is 52.4 Å². The predicted molar refractivity (Wildman–Crippen MR) is 155 cm³/mol. The lowest BCUT2D eigenvalue weighted by molar-refractivity contribution is -0.798. The van der Waals surface area contributed by atoms with Crippen molar-refractivity contribution in [3.63, 3.8) is 0 Å². The van der Waals surface area contributed by atoms with Crippen LogP contribution in [0.5, 0.6) is 0 Å². The Balaban J connectivity index is 2.24. The normalized spacial score (nSPS) is 14.4. The van der Waals surface area contributed by atoms with Gasteiger partial charge in [0.2, 0.25) is 16.0 Å². The highest BCUT2D eigenvalue weighted by atomic mass is 32.2. The number of rotatable bonds is 17. The average molecular weight is 660 g/mol. The summed E-state index contributed by atoms with van der Waals surface area (Å²) in [4.78, 5) is 50.6. The Hall–Kier alpha value is -4.49. The maximum atomic E-state index is 13.7. The van der Waals surface area contributed by atoms with Gasteiger partial charge in [-0.15, -0.1) is 20.2 Å². The molecule has 0 amide bonds. The summed E-state index contributed by atoms with van der Waals surface area (Å²) in [7, 11) is -2.45. The van der Waals surface area contributed by atoms with E-state index in [2.05, 4.69) is 19.6 Å². The van der Waals surface area contributed by atoms with Gasteiger partial charge in [0.1, 0.15) is 18.5 Å². The van der Waals surface area contributed by atoms with E-state index in [-0.39, 0.29) is 24.0 Å². The number of carbonyl (C=O) groups is 1. The molecule has 0 saturated carbocycles. The van der Waals surface area contributed by atoms with E-state index >= 15 is 0 Å². The molecular formula is C26H34FN5O12S. The predicted octanol–water partition coefficient (Wildman–Crippen LogP) is 2.03. The average Bonchev–Trinajstić information content (AvgIpc) is 2.92. The Labute approximate surface area is 257 Å². The highest BCUT2D eigenvalue weighted by Gasteiger charge is 2.27. The Morgan fingerprint density at radius 3 is 2.22 bits per heavy atom. The second kappa shape index (κ2) is 16.0. The van der Waals surface area contributed by atoms with Crippen molar-refractivity contribution in [3.05, 3.63) is 67.6 Å². The number of esters is 1. The molecule has 0 aliphatic carbocycles. The molecule has 19 heteroatoms. The monoisotopic (exact) mass is 659 g/mol. The zero-order valence-corrected chi connectivity index (χ0v) is 25.8. The molecule has 2 rings (SSSR count). The van der Waals surface area contributed by atoms with Gasteiger partial charge in [0.05, 0.1) is 36.3 Å². The first-order chi connectivity index (χ1) is 20.9. The minimum atomic E-state index is -3.74.